The fourth-order valence-corrected chi connectivity index (χ4v) is 2.84. The molecule has 0 fully saturated rings. The van der Waals surface area contributed by atoms with Crippen LogP contribution in [0.3, 0.4) is 0 Å². The molecule has 0 aliphatic heterocycles. The molecule has 0 saturated carbocycles. The quantitative estimate of drug-likeness (QED) is 0.551. The number of nitrogens with one attached hydrogen (secondary N) is 1. The molecule has 0 saturated heterocycles. The van der Waals surface area contributed by atoms with Gasteiger partial charge in [0.25, 0.3) is 5.91 Å². The SMILES string of the molecule is O=C(Nc1ccnn1Cc1ccc(Cl)cc1)c1ccn(-c2cccc(F)c2)n1. The molecule has 1 N–H and O–H groups in total. The van der Waals surface area contributed by atoms with Crippen molar-refractivity contribution < 1.29 is 9.18 Å². The van der Waals surface area contributed by atoms with E-state index in [-0.39, 0.29) is 17.4 Å². The van der Waals surface area contributed by atoms with E-state index in [2.05, 4.69) is 15.5 Å². The molecule has 8 heteroatoms. The largest absolute Gasteiger partial charge is 0.305 e. The second kappa shape index (κ2) is 7.66. The summed E-state index contributed by atoms with van der Waals surface area (Å²) in [4.78, 5) is 12.6. The Bertz CT molecular complexity index is 1120. The highest BCUT2D eigenvalue weighted by Gasteiger charge is 2.13. The Hall–Kier alpha value is -3.45. The van der Waals surface area contributed by atoms with Crippen LogP contribution in [0.1, 0.15) is 16.1 Å². The van der Waals surface area contributed by atoms with Crippen molar-refractivity contribution in [2.45, 2.75) is 6.54 Å². The molecule has 0 spiro atoms. The molecular formula is C20H15ClFN5O. The van der Waals surface area contributed by atoms with Crippen LogP contribution < -0.4 is 5.32 Å². The third-order valence-electron chi connectivity index (χ3n) is 4.10. The molecule has 0 radical (unpaired) electrons. The van der Waals surface area contributed by atoms with E-state index in [1.54, 1.807) is 53.5 Å². The number of amides is 1. The maximum Gasteiger partial charge on any atom is 0.277 e. The molecule has 140 valence electrons. The molecule has 1 amide bonds. The molecule has 28 heavy (non-hydrogen) atoms. The number of carbonyl (C=O) groups is 1. The van der Waals surface area contributed by atoms with Crippen LogP contribution in [0.25, 0.3) is 5.69 Å². The fourth-order valence-electron chi connectivity index (χ4n) is 2.72. The Morgan fingerprint density at radius 3 is 2.71 bits per heavy atom. The van der Waals surface area contributed by atoms with Crippen molar-refractivity contribution in [3.63, 3.8) is 0 Å². The number of halogens is 2. The number of aromatic nitrogens is 4. The van der Waals surface area contributed by atoms with E-state index in [9.17, 15) is 9.18 Å². The zero-order valence-corrected chi connectivity index (χ0v) is 15.3. The van der Waals surface area contributed by atoms with Gasteiger partial charge in [-0.3, -0.25) is 4.79 Å². The molecule has 4 rings (SSSR count). The first kappa shape index (κ1) is 17.9. The first-order chi connectivity index (χ1) is 13.6. The summed E-state index contributed by atoms with van der Waals surface area (Å²) in [5.74, 6) is -0.210. The maximum atomic E-state index is 13.4. The number of anilines is 1. The Kier molecular flexibility index (Phi) is 4.90. The van der Waals surface area contributed by atoms with Gasteiger partial charge in [-0.15, -0.1) is 0 Å². The molecular weight excluding hydrogens is 381 g/mol. The van der Waals surface area contributed by atoms with E-state index in [1.165, 1.54) is 16.8 Å². The van der Waals surface area contributed by atoms with E-state index in [0.717, 1.165) is 5.56 Å². The van der Waals surface area contributed by atoms with Crippen LogP contribution in [0.4, 0.5) is 10.2 Å². The average Bonchev–Trinajstić information content (AvgIpc) is 3.34. The van der Waals surface area contributed by atoms with Crippen molar-refractivity contribution in [3.8, 4) is 5.69 Å². The van der Waals surface area contributed by atoms with Crippen LogP contribution >= 0.6 is 11.6 Å². The van der Waals surface area contributed by atoms with E-state index >= 15 is 0 Å². The molecule has 0 unspecified atom stereocenters. The topological polar surface area (TPSA) is 64.7 Å². The van der Waals surface area contributed by atoms with Crippen LogP contribution in [0, 0.1) is 5.82 Å². The lowest BCUT2D eigenvalue weighted by atomic mass is 10.2. The van der Waals surface area contributed by atoms with Crippen LogP contribution in [0.15, 0.2) is 73.1 Å². The summed E-state index contributed by atoms with van der Waals surface area (Å²) in [5.41, 5.74) is 1.74. The number of rotatable bonds is 5. The normalized spacial score (nSPS) is 10.8. The van der Waals surface area contributed by atoms with Gasteiger partial charge in [-0.05, 0) is 42.0 Å². The number of nitrogens with zero attached hydrogens (tertiary/aromatic N) is 4. The average molecular weight is 396 g/mol. The minimum Gasteiger partial charge on any atom is -0.305 e. The summed E-state index contributed by atoms with van der Waals surface area (Å²) in [6, 6.07) is 16.7. The summed E-state index contributed by atoms with van der Waals surface area (Å²) in [6.45, 7) is 0.484. The van der Waals surface area contributed by atoms with Crippen LogP contribution in [0.2, 0.25) is 5.02 Å². The van der Waals surface area contributed by atoms with Gasteiger partial charge in [-0.25, -0.2) is 13.8 Å². The Labute approximate surface area is 165 Å². The zero-order valence-electron chi connectivity index (χ0n) is 14.6. The highest BCUT2D eigenvalue weighted by atomic mass is 35.5. The molecule has 0 atom stereocenters. The Morgan fingerprint density at radius 2 is 1.93 bits per heavy atom. The van der Waals surface area contributed by atoms with E-state index in [4.69, 9.17) is 11.6 Å². The number of hydrogen-bond acceptors (Lipinski definition) is 3. The van der Waals surface area contributed by atoms with Gasteiger partial charge in [0.15, 0.2) is 5.69 Å². The third kappa shape index (κ3) is 3.94. The summed E-state index contributed by atoms with van der Waals surface area (Å²) in [7, 11) is 0. The highest BCUT2D eigenvalue weighted by Crippen LogP contribution is 2.15. The van der Waals surface area contributed by atoms with Crippen LogP contribution in [-0.4, -0.2) is 25.5 Å². The molecule has 2 aromatic carbocycles. The second-order valence-corrected chi connectivity index (χ2v) is 6.52. The van der Waals surface area contributed by atoms with Gasteiger partial charge < -0.3 is 5.32 Å². The molecule has 2 heterocycles. The van der Waals surface area contributed by atoms with Gasteiger partial charge in [0.2, 0.25) is 0 Å². The van der Waals surface area contributed by atoms with Crippen molar-refractivity contribution in [3.05, 3.63) is 95.2 Å². The van der Waals surface area contributed by atoms with Gasteiger partial charge in [-0.1, -0.05) is 29.8 Å². The van der Waals surface area contributed by atoms with E-state index < -0.39 is 0 Å². The molecule has 0 aliphatic rings. The lowest BCUT2D eigenvalue weighted by Gasteiger charge is -2.08. The minimum absolute atomic E-state index is 0.212. The fraction of sp³-hybridized carbons (Fsp3) is 0.0500. The van der Waals surface area contributed by atoms with Gasteiger partial charge in [-0.2, -0.15) is 10.2 Å². The summed E-state index contributed by atoms with van der Waals surface area (Å²) in [6.07, 6.45) is 3.21. The van der Waals surface area contributed by atoms with Crippen molar-refractivity contribution >= 4 is 23.3 Å². The maximum absolute atomic E-state index is 13.4. The van der Waals surface area contributed by atoms with Gasteiger partial charge >= 0.3 is 0 Å². The summed E-state index contributed by atoms with van der Waals surface area (Å²) in [5, 5.41) is 11.9. The lowest BCUT2D eigenvalue weighted by Crippen LogP contribution is -2.17. The molecule has 4 aromatic rings. The van der Waals surface area contributed by atoms with Gasteiger partial charge in [0.1, 0.15) is 11.6 Å². The predicted molar refractivity (Wildman–Crippen MR) is 104 cm³/mol. The second-order valence-electron chi connectivity index (χ2n) is 6.08. The Balaban J connectivity index is 1.49. The molecule has 0 aliphatic carbocycles. The summed E-state index contributed by atoms with van der Waals surface area (Å²) < 4.78 is 16.5. The zero-order chi connectivity index (χ0) is 19.5. The van der Waals surface area contributed by atoms with Crippen molar-refractivity contribution in [2.24, 2.45) is 0 Å². The monoisotopic (exact) mass is 395 g/mol. The lowest BCUT2D eigenvalue weighted by molar-refractivity contribution is 0.102. The third-order valence-corrected chi connectivity index (χ3v) is 4.35. The first-order valence-electron chi connectivity index (χ1n) is 8.48. The Morgan fingerprint density at radius 1 is 1.11 bits per heavy atom. The molecule has 2 aromatic heterocycles. The first-order valence-corrected chi connectivity index (χ1v) is 8.85. The number of hydrogen-bond donors (Lipinski definition) is 1. The van der Waals surface area contributed by atoms with Crippen LogP contribution in [0.5, 0.6) is 0 Å². The minimum atomic E-state index is -0.381. The van der Waals surface area contributed by atoms with Gasteiger partial charge in [0.05, 0.1) is 18.4 Å². The smallest absolute Gasteiger partial charge is 0.277 e. The van der Waals surface area contributed by atoms with E-state index in [0.29, 0.717) is 23.1 Å². The molecule has 6 nitrogen and oxygen atoms in total. The highest BCUT2D eigenvalue weighted by molar-refractivity contribution is 6.30. The van der Waals surface area contributed by atoms with Crippen molar-refractivity contribution in [1.29, 1.82) is 0 Å². The number of benzene rings is 2. The predicted octanol–water partition coefficient (Wildman–Crippen LogP) is 4.16. The van der Waals surface area contributed by atoms with Gasteiger partial charge in [0, 0.05) is 17.3 Å². The van der Waals surface area contributed by atoms with Crippen molar-refractivity contribution in [1.82, 2.24) is 19.6 Å². The molecule has 0 bridgehead atoms. The number of carbonyl (C=O) groups excluding carboxylic acids is 1. The van der Waals surface area contributed by atoms with Crippen LogP contribution in [-0.2, 0) is 6.54 Å². The standard InChI is InChI=1S/C20H15ClFN5O/c21-15-6-4-14(5-7-15)13-27-19(8-10-23-27)24-20(28)18-9-11-26(25-18)17-3-1-2-16(22)12-17/h1-12H,13H2,(H,24,28). The summed E-state index contributed by atoms with van der Waals surface area (Å²) >= 11 is 5.91. The van der Waals surface area contributed by atoms with Crippen molar-refractivity contribution in [2.75, 3.05) is 5.32 Å². The van der Waals surface area contributed by atoms with E-state index in [1.807, 2.05) is 12.1 Å².